The summed E-state index contributed by atoms with van der Waals surface area (Å²) >= 11 is 0. The Bertz CT molecular complexity index is 909. The number of nitrogens with one attached hydrogen (secondary N) is 2. The fourth-order valence-corrected chi connectivity index (χ4v) is 2.36. The van der Waals surface area contributed by atoms with Crippen molar-refractivity contribution in [2.75, 3.05) is 10.6 Å². The number of pyridine rings is 1. The van der Waals surface area contributed by atoms with Crippen molar-refractivity contribution in [1.82, 2.24) is 4.98 Å². The van der Waals surface area contributed by atoms with E-state index >= 15 is 0 Å². The molecule has 0 fully saturated rings. The van der Waals surface area contributed by atoms with Gasteiger partial charge in [-0.3, -0.25) is 4.79 Å². The molecule has 0 aliphatic heterocycles. The van der Waals surface area contributed by atoms with Crippen LogP contribution in [0.1, 0.15) is 22.8 Å². The maximum Gasteiger partial charge on any atom is 0.256 e. The van der Waals surface area contributed by atoms with E-state index in [1.165, 1.54) is 11.6 Å². The predicted octanol–water partition coefficient (Wildman–Crippen LogP) is 4.92. The molecular formula is C20H17F2N3O. The molecule has 4 nitrogen and oxygen atoms in total. The van der Waals surface area contributed by atoms with E-state index in [-0.39, 0.29) is 5.56 Å². The maximum absolute atomic E-state index is 13.2. The molecule has 1 aromatic heterocycles. The summed E-state index contributed by atoms with van der Waals surface area (Å²) < 4.78 is 26.1. The molecular weight excluding hydrogens is 336 g/mol. The first-order valence-electron chi connectivity index (χ1n) is 8.13. The van der Waals surface area contributed by atoms with Gasteiger partial charge in [-0.2, -0.15) is 0 Å². The van der Waals surface area contributed by atoms with Gasteiger partial charge >= 0.3 is 0 Å². The van der Waals surface area contributed by atoms with Crippen molar-refractivity contribution < 1.29 is 13.6 Å². The molecule has 0 aliphatic carbocycles. The average Bonchev–Trinajstić information content (AvgIpc) is 2.66. The van der Waals surface area contributed by atoms with Crippen LogP contribution in [-0.4, -0.2) is 10.9 Å². The zero-order valence-electron chi connectivity index (χ0n) is 14.1. The number of anilines is 3. The maximum atomic E-state index is 13.2. The summed E-state index contributed by atoms with van der Waals surface area (Å²) in [5.74, 6) is -2.32. The number of carbonyl (C=O) groups is 1. The van der Waals surface area contributed by atoms with Gasteiger partial charge in [-0.1, -0.05) is 19.1 Å². The van der Waals surface area contributed by atoms with E-state index in [2.05, 4.69) is 22.5 Å². The first-order chi connectivity index (χ1) is 12.5. The van der Waals surface area contributed by atoms with Crippen molar-refractivity contribution in [3.63, 3.8) is 0 Å². The lowest BCUT2D eigenvalue weighted by Gasteiger charge is -2.09. The van der Waals surface area contributed by atoms with Crippen LogP contribution in [0.25, 0.3) is 0 Å². The highest BCUT2D eigenvalue weighted by Gasteiger charge is 2.10. The van der Waals surface area contributed by atoms with Gasteiger partial charge in [0.25, 0.3) is 5.91 Å². The van der Waals surface area contributed by atoms with Crippen molar-refractivity contribution >= 4 is 23.1 Å². The Morgan fingerprint density at radius 1 is 0.962 bits per heavy atom. The van der Waals surface area contributed by atoms with Crippen LogP contribution in [0.15, 0.2) is 60.8 Å². The molecule has 3 rings (SSSR count). The van der Waals surface area contributed by atoms with Crippen molar-refractivity contribution in [2.24, 2.45) is 0 Å². The highest BCUT2D eigenvalue weighted by molar-refractivity contribution is 6.03. The predicted molar refractivity (Wildman–Crippen MR) is 97.7 cm³/mol. The first kappa shape index (κ1) is 17.5. The summed E-state index contributed by atoms with van der Waals surface area (Å²) in [7, 11) is 0. The second kappa shape index (κ2) is 7.74. The van der Waals surface area contributed by atoms with Gasteiger partial charge in [0.15, 0.2) is 11.6 Å². The summed E-state index contributed by atoms with van der Waals surface area (Å²) in [6.45, 7) is 2.10. The summed E-state index contributed by atoms with van der Waals surface area (Å²) in [5.41, 5.74) is 2.97. The average molecular weight is 353 g/mol. The number of hydrogen-bond donors (Lipinski definition) is 2. The third-order valence-electron chi connectivity index (χ3n) is 3.84. The highest BCUT2D eigenvalue weighted by atomic mass is 19.2. The van der Waals surface area contributed by atoms with E-state index in [0.29, 0.717) is 5.82 Å². The Hall–Kier alpha value is -3.28. The molecule has 1 amide bonds. The summed E-state index contributed by atoms with van der Waals surface area (Å²) in [5, 5.41) is 5.76. The van der Waals surface area contributed by atoms with Gasteiger partial charge in [-0.15, -0.1) is 0 Å². The number of carbonyl (C=O) groups excluding carboxylic acids is 1. The molecule has 2 N–H and O–H groups in total. The van der Waals surface area contributed by atoms with E-state index < -0.39 is 17.5 Å². The number of aryl methyl sites for hydroxylation is 1. The van der Waals surface area contributed by atoms with Crippen molar-refractivity contribution in [3.8, 4) is 0 Å². The minimum Gasteiger partial charge on any atom is -0.354 e. The van der Waals surface area contributed by atoms with Gasteiger partial charge in [0.1, 0.15) is 5.82 Å². The lowest BCUT2D eigenvalue weighted by Crippen LogP contribution is -2.13. The Labute approximate surface area is 149 Å². The van der Waals surface area contributed by atoms with E-state index in [9.17, 15) is 13.6 Å². The third kappa shape index (κ3) is 4.22. The molecule has 0 aliphatic rings. The van der Waals surface area contributed by atoms with Crippen molar-refractivity contribution in [3.05, 3.63) is 83.6 Å². The molecule has 0 spiro atoms. The van der Waals surface area contributed by atoms with Crippen LogP contribution >= 0.6 is 0 Å². The molecule has 132 valence electrons. The lowest BCUT2D eigenvalue weighted by atomic mass is 10.1. The quantitative estimate of drug-likeness (QED) is 0.685. The monoisotopic (exact) mass is 353 g/mol. The SMILES string of the molecule is CCc1ccc(Nc2ccc(NC(=O)c3ccc(F)c(F)c3)nc2)cc1. The first-order valence-corrected chi connectivity index (χ1v) is 8.13. The van der Waals surface area contributed by atoms with Crippen LogP contribution in [0, 0.1) is 11.6 Å². The van der Waals surface area contributed by atoms with Gasteiger partial charge in [0.05, 0.1) is 11.9 Å². The Kier molecular flexibility index (Phi) is 5.22. The molecule has 0 saturated carbocycles. The minimum atomic E-state index is -1.07. The van der Waals surface area contributed by atoms with Gasteiger partial charge in [-0.25, -0.2) is 13.8 Å². The van der Waals surface area contributed by atoms with E-state index in [4.69, 9.17) is 0 Å². The Balaban J connectivity index is 1.65. The van der Waals surface area contributed by atoms with E-state index in [1.54, 1.807) is 18.3 Å². The van der Waals surface area contributed by atoms with Crippen molar-refractivity contribution in [1.29, 1.82) is 0 Å². The molecule has 0 radical (unpaired) electrons. The zero-order chi connectivity index (χ0) is 18.5. The molecule has 3 aromatic rings. The summed E-state index contributed by atoms with van der Waals surface area (Å²) in [6.07, 6.45) is 2.56. The number of benzene rings is 2. The number of hydrogen-bond acceptors (Lipinski definition) is 3. The lowest BCUT2D eigenvalue weighted by molar-refractivity contribution is 0.102. The topological polar surface area (TPSA) is 54.0 Å². The zero-order valence-corrected chi connectivity index (χ0v) is 14.1. The summed E-state index contributed by atoms with van der Waals surface area (Å²) in [6, 6.07) is 14.4. The largest absolute Gasteiger partial charge is 0.354 e. The van der Waals surface area contributed by atoms with Gasteiger partial charge in [-0.05, 0) is 54.4 Å². The van der Waals surface area contributed by atoms with Crippen LogP contribution in [0.3, 0.4) is 0 Å². The van der Waals surface area contributed by atoms with Gasteiger partial charge < -0.3 is 10.6 Å². The number of amides is 1. The molecule has 26 heavy (non-hydrogen) atoms. The van der Waals surface area contributed by atoms with Crippen LogP contribution in [-0.2, 0) is 6.42 Å². The van der Waals surface area contributed by atoms with Gasteiger partial charge in [0.2, 0.25) is 0 Å². The fourth-order valence-electron chi connectivity index (χ4n) is 2.36. The molecule has 0 atom stereocenters. The number of rotatable bonds is 5. The molecule has 6 heteroatoms. The minimum absolute atomic E-state index is 0.0175. The smallest absolute Gasteiger partial charge is 0.256 e. The number of nitrogens with zero attached hydrogens (tertiary/aromatic N) is 1. The molecule has 1 heterocycles. The Morgan fingerprint density at radius 3 is 2.31 bits per heavy atom. The fraction of sp³-hybridized carbons (Fsp3) is 0.100. The molecule has 0 unspecified atom stereocenters. The van der Waals surface area contributed by atoms with Crippen LogP contribution in [0.5, 0.6) is 0 Å². The van der Waals surface area contributed by atoms with E-state index in [1.807, 2.05) is 24.3 Å². The van der Waals surface area contributed by atoms with Crippen LogP contribution < -0.4 is 10.6 Å². The van der Waals surface area contributed by atoms with Crippen LogP contribution in [0.4, 0.5) is 26.0 Å². The second-order valence-corrected chi connectivity index (χ2v) is 5.69. The molecule has 0 bridgehead atoms. The molecule has 0 saturated heterocycles. The normalized spacial score (nSPS) is 10.4. The Morgan fingerprint density at radius 2 is 1.69 bits per heavy atom. The van der Waals surface area contributed by atoms with Gasteiger partial charge in [0, 0.05) is 11.3 Å². The van der Waals surface area contributed by atoms with E-state index in [0.717, 1.165) is 29.9 Å². The second-order valence-electron chi connectivity index (χ2n) is 5.69. The standard InChI is InChI=1S/C20H17F2N3O/c1-2-13-3-6-15(7-4-13)24-16-8-10-19(23-12-16)25-20(26)14-5-9-17(21)18(22)11-14/h3-12,24H,2H2,1H3,(H,23,25,26). The highest BCUT2D eigenvalue weighted by Crippen LogP contribution is 2.18. The van der Waals surface area contributed by atoms with Crippen molar-refractivity contribution in [2.45, 2.75) is 13.3 Å². The number of aromatic nitrogens is 1. The molecule has 2 aromatic carbocycles. The van der Waals surface area contributed by atoms with Crippen LogP contribution in [0.2, 0.25) is 0 Å². The summed E-state index contributed by atoms with van der Waals surface area (Å²) in [4.78, 5) is 16.2. The number of halogens is 2. The third-order valence-corrected chi connectivity index (χ3v) is 3.84.